The van der Waals surface area contributed by atoms with Crippen LogP contribution < -0.4 is 0 Å². The monoisotopic (exact) mass is 278 g/mol. The summed E-state index contributed by atoms with van der Waals surface area (Å²) in [5.74, 6) is 0. The zero-order valence-corrected chi connectivity index (χ0v) is 12.2. The molecule has 0 N–H and O–H groups in total. The van der Waals surface area contributed by atoms with Crippen molar-refractivity contribution in [1.29, 1.82) is 0 Å². The minimum absolute atomic E-state index is 0.498. The van der Waals surface area contributed by atoms with Gasteiger partial charge in [0.05, 0.1) is 0 Å². The number of hydrogen-bond donors (Lipinski definition) is 0. The van der Waals surface area contributed by atoms with E-state index in [-0.39, 0.29) is 0 Å². The third kappa shape index (κ3) is 2.98. The SMILES string of the molecule is [2H]C([2H])([2H])N(C)CCC=C1c2ccccc2C=Cc2ccccc21. The van der Waals surface area contributed by atoms with Crippen molar-refractivity contribution in [1.82, 2.24) is 4.90 Å². The molecule has 1 aliphatic rings. The molecule has 1 heteroatoms. The number of fused-ring (bicyclic) bond motifs is 2. The Balaban J connectivity index is 1.97. The summed E-state index contributed by atoms with van der Waals surface area (Å²) in [7, 11) is 1.64. The van der Waals surface area contributed by atoms with Crippen molar-refractivity contribution >= 4 is 17.7 Å². The molecule has 106 valence electrons. The average molecular weight is 278 g/mol. The summed E-state index contributed by atoms with van der Waals surface area (Å²) in [5, 5.41) is 0. The van der Waals surface area contributed by atoms with E-state index in [1.165, 1.54) is 32.7 Å². The summed E-state index contributed by atoms with van der Waals surface area (Å²) in [6, 6.07) is 16.6. The molecular formula is C20H21N. The lowest BCUT2D eigenvalue weighted by molar-refractivity contribution is 0.417. The van der Waals surface area contributed by atoms with Crippen molar-refractivity contribution < 1.29 is 4.11 Å². The summed E-state index contributed by atoms with van der Waals surface area (Å²) >= 11 is 0. The second-order valence-corrected chi connectivity index (χ2v) is 5.34. The summed E-state index contributed by atoms with van der Waals surface area (Å²) < 4.78 is 22.4. The van der Waals surface area contributed by atoms with Crippen molar-refractivity contribution in [2.45, 2.75) is 6.42 Å². The van der Waals surface area contributed by atoms with Crippen LogP contribution in [0.3, 0.4) is 0 Å². The van der Waals surface area contributed by atoms with Crippen molar-refractivity contribution in [3.8, 4) is 0 Å². The van der Waals surface area contributed by atoms with Gasteiger partial charge in [0, 0.05) is 10.7 Å². The lowest BCUT2D eigenvalue weighted by atomic mass is 9.93. The van der Waals surface area contributed by atoms with E-state index in [0.29, 0.717) is 13.0 Å². The molecule has 2 aromatic carbocycles. The highest BCUT2D eigenvalue weighted by Crippen LogP contribution is 2.33. The Morgan fingerprint density at radius 3 is 2.10 bits per heavy atom. The van der Waals surface area contributed by atoms with E-state index in [1.54, 1.807) is 7.05 Å². The van der Waals surface area contributed by atoms with E-state index in [9.17, 15) is 0 Å². The summed E-state index contributed by atoms with van der Waals surface area (Å²) in [5.41, 5.74) is 5.92. The molecule has 0 radical (unpaired) electrons. The van der Waals surface area contributed by atoms with Crippen molar-refractivity contribution in [3.05, 3.63) is 76.9 Å². The van der Waals surface area contributed by atoms with Crippen LogP contribution in [0.5, 0.6) is 0 Å². The second kappa shape index (κ2) is 6.11. The molecule has 0 saturated carbocycles. The molecule has 2 aromatic rings. The molecule has 0 heterocycles. The Morgan fingerprint density at radius 2 is 1.52 bits per heavy atom. The van der Waals surface area contributed by atoms with Gasteiger partial charge in [0.1, 0.15) is 0 Å². The lowest BCUT2D eigenvalue weighted by Crippen LogP contribution is -2.12. The topological polar surface area (TPSA) is 3.24 Å². The van der Waals surface area contributed by atoms with E-state index in [0.717, 1.165) is 0 Å². The number of hydrogen-bond acceptors (Lipinski definition) is 1. The van der Waals surface area contributed by atoms with Gasteiger partial charge in [-0.2, -0.15) is 0 Å². The van der Waals surface area contributed by atoms with E-state index < -0.39 is 6.98 Å². The highest BCUT2D eigenvalue weighted by Gasteiger charge is 2.13. The molecule has 1 nitrogen and oxygen atoms in total. The van der Waals surface area contributed by atoms with Gasteiger partial charge in [0.2, 0.25) is 0 Å². The highest BCUT2D eigenvalue weighted by molar-refractivity contribution is 5.93. The van der Waals surface area contributed by atoms with Gasteiger partial charge in [-0.15, -0.1) is 0 Å². The zero-order valence-electron chi connectivity index (χ0n) is 15.2. The lowest BCUT2D eigenvalue weighted by Gasteiger charge is -2.13. The Kier molecular flexibility index (Phi) is 3.08. The maximum atomic E-state index is 7.46. The summed E-state index contributed by atoms with van der Waals surface area (Å²) in [6.07, 6.45) is 7.13. The molecule has 21 heavy (non-hydrogen) atoms. The quantitative estimate of drug-likeness (QED) is 0.679. The number of nitrogens with zero attached hydrogens (tertiary/aromatic N) is 1. The van der Waals surface area contributed by atoms with Crippen LogP contribution in [0.25, 0.3) is 17.7 Å². The van der Waals surface area contributed by atoms with Crippen molar-refractivity contribution in [2.24, 2.45) is 0 Å². The molecular weight excluding hydrogens is 254 g/mol. The molecule has 0 atom stereocenters. The van der Waals surface area contributed by atoms with E-state index in [4.69, 9.17) is 4.11 Å². The fourth-order valence-corrected chi connectivity index (χ4v) is 2.72. The van der Waals surface area contributed by atoms with Gasteiger partial charge in [-0.25, -0.2) is 0 Å². The largest absolute Gasteiger partial charge is 0.309 e. The first-order valence-electron chi connectivity index (χ1n) is 8.75. The maximum Gasteiger partial charge on any atom is 0.0394 e. The fourth-order valence-electron chi connectivity index (χ4n) is 2.72. The molecule has 0 bridgehead atoms. The molecule has 0 aromatic heterocycles. The van der Waals surface area contributed by atoms with Crippen LogP contribution in [0, 0.1) is 0 Å². The normalized spacial score (nSPS) is 15.5. The van der Waals surface area contributed by atoms with E-state index >= 15 is 0 Å². The van der Waals surface area contributed by atoms with Crippen LogP contribution in [0.4, 0.5) is 0 Å². The van der Waals surface area contributed by atoms with Crippen LogP contribution in [-0.4, -0.2) is 25.5 Å². The maximum absolute atomic E-state index is 7.46. The molecule has 0 aliphatic heterocycles. The number of rotatable bonds is 3. The molecule has 0 saturated heterocycles. The predicted molar refractivity (Wildman–Crippen MR) is 92.1 cm³/mol. The van der Waals surface area contributed by atoms with Crippen LogP contribution in [-0.2, 0) is 0 Å². The summed E-state index contributed by atoms with van der Waals surface area (Å²) in [6.45, 7) is -1.54. The van der Waals surface area contributed by atoms with Gasteiger partial charge in [-0.1, -0.05) is 66.8 Å². The minimum atomic E-state index is -2.04. The Morgan fingerprint density at radius 1 is 0.952 bits per heavy atom. The highest BCUT2D eigenvalue weighted by atomic mass is 15.0. The average Bonchev–Trinajstić information content (AvgIpc) is 2.72. The first kappa shape index (κ1) is 10.6. The van der Waals surface area contributed by atoms with Gasteiger partial charge in [-0.3, -0.25) is 0 Å². The Hall–Kier alpha value is -2.12. The molecule has 0 fully saturated rings. The van der Waals surface area contributed by atoms with E-state index in [2.05, 4.69) is 42.5 Å². The molecule has 1 aliphatic carbocycles. The smallest absolute Gasteiger partial charge is 0.0394 e. The minimum Gasteiger partial charge on any atom is -0.309 e. The van der Waals surface area contributed by atoms with Crippen LogP contribution in [0.15, 0.2) is 54.6 Å². The van der Waals surface area contributed by atoms with Gasteiger partial charge < -0.3 is 4.90 Å². The Labute approximate surface area is 131 Å². The van der Waals surface area contributed by atoms with Gasteiger partial charge >= 0.3 is 0 Å². The van der Waals surface area contributed by atoms with Crippen LogP contribution in [0.1, 0.15) is 32.8 Å². The molecule has 0 spiro atoms. The molecule has 3 rings (SSSR count). The third-order valence-electron chi connectivity index (χ3n) is 3.76. The van der Waals surface area contributed by atoms with Crippen molar-refractivity contribution in [3.63, 3.8) is 0 Å². The van der Waals surface area contributed by atoms with Gasteiger partial charge in [0.15, 0.2) is 0 Å². The van der Waals surface area contributed by atoms with Gasteiger partial charge in [0.25, 0.3) is 0 Å². The van der Waals surface area contributed by atoms with Crippen LogP contribution >= 0.6 is 0 Å². The van der Waals surface area contributed by atoms with Crippen molar-refractivity contribution in [2.75, 3.05) is 20.6 Å². The fraction of sp³-hybridized carbons (Fsp3) is 0.200. The third-order valence-corrected chi connectivity index (χ3v) is 3.76. The number of benzene rings is 2. The summed E-state index contributed by atoms with van der Waals surface area (Å²) in [4.78, 5) is 1.41. The first-order chi connectivity index (χ1) is 11.5. The van der Waals surface area contributed by atoms with Crippen LogP contribution in [0.2, 0.25) is 0 Å². The molecule has 0 unspecified atom stereocenters. The predicted octanol–water partition coefficient (Wildman–Crippen LogP) is 4.55. The molecule has 0 amide bonds. The first-order valence-corrected chi connectivity index (χ1v) is 7.25. The van der Waals surface area contributed by atoms with Gasteiger partial charge in [-0.05, 0) is 48.3 Å². The van der Waals surface area contributed by atoms with E-state index in [1.807, 2.05) is 24.3 Å². The zero-order chi connectivity index (χ0) is 17.2. The standard InChI is InChI=1S/C20H21N/c1-21(2)15-7-12-20-18-10-5-3-8-16(18)13-14-17-9-4-6-11-19(17)20/h3-6,8-14H,7,15H2,1-2H3/i1D3. The second-order valence-electron chi connectivity index (χ2n) is 5.34. The Bertz CT molecular complexity index is 736.